The highest BCUT2D eigenvalue weighted by Crippen LogP contribution is 2.18. The Balaban J connectivity index is 2.39. The van der Waals surface area contributed by atoms with E-state index in [1.807, 2.05) is 31.2 Å². The van der Waals surface area contributed by atoms with E-state index in [0.717, 1.165) is 5.56 Å². The molecule has 2 aromatic rings. The molecule has 0 aliphatic heterocycles. The molecule has 0 aliphatic rings. The highest BCUT2D eigenvalue weighted by molar-refractivity contribution is 5.72. The molecule has 0 unspecified atom stereocenters. The SMILES string of the molecule is Cc1ccc(-c2nc(C=O)co2)cc1. The van der Waals surface area contributed by atoms with E-state index in [0.29, 0.717) is 17.9 Å². The summed E-state index contributed by atoms with van der Waals surface area (Å²) in [7, 11) is 0. The van der Waals surface area contributed by atoms with Crippen LogP contribution in [-0.4, -0.2) is 11.3 Å². The summed E-state index contributed by atoms with van der Waals surface area (Å²) < 4.78 is 5.14. The molecule has 0 radical (unpaired) electrons. The minimum Gasteiger partial charge on any atom is -0.444 e. The third-order valence-electron chi connectivity index (χ3n) is 1.94. The Morgan fingerprint density at radius 2 is 2.00 bits per heavy atom. The highest BCUT2D eigenvalue weighted by Gasteiger charge is 2.04. The predicted molar refractivity (Wildman–Crippen MR) is 52.1 cm³/mol. The number of aldehydes is 1. The normalized spacial score (nSPS) is 10.1. The molecular weight excluding hydrogens is 178 g/mol. The van der Waals surface area contributed by atoms with Crippen LogP contribution in [-0.2, 0) is 0 Å². The van der Waals surface area contributed by atoms with Gasteiger partial charge < -0.3 is 4.42 Å². The monoisotopic (exact) mass is 187 g/mol. The maximum absolute atomic E-state index is 10.4. The van der Waals surface area contributed by atoms with Crippen LogP contribution in [0.4, 0.5) is 0 Å². The summed E-state index contributed by atoms with van der Waals surface area (Å²) in [4.78, 5) is 14.4. The zero-order chi connectivity index (χ0) is 9.97. The average molecular weight is 187 g/mol. The molecule has 3 heteroatoms. The summed E-state index contributed by atoms with van der Waals surface area (Å²) in [5.74, 6) is 0.479. The summed E-state index contributed by atoms with van der Waals surface area (Å²) in [5.41, 5.74) is 2.38. The van der Waals surface area contributed by atoms with Crippen LogP contribution in [0.5, 0.6) is 0 Å². The van der Waals surface area contributed by atoms with Gasteiger partial charge in [-0.2, -0.15) is 0 Å². The lowest BCUT2D eigenvalue weighted by molar-refractivity contribution is 0.111. The number of aryl methyl sites for hydroxylation is 1. The molecule has 0 saturated carbocycles. The van der Waals surface area contributed by atoms with Gasteiger partial charge in [-0.1, -0.05) is 17.7 Å². The molecule has 1 heterocycles. The van der Waals surface area contributed by atoms with Crippen LogP contribution >= 0.6 is 0 Å². The summed E-state index contributed by atoms with van der Waals surface area (Å²) in [6, 6.07) is 7.77. The number of rotatable bonds is 2. The summed E-state index contributed by atoms with van der Waals surface area (Å²) in [5, 5.41) is 0. The summed E-state index contributed by atoms with van der Waals surface area (Å²) in [6.45, 7) is 2.01. The van der Waals surface area contributed by atoms with Gasteiger partial charge in [-0.3, -0.25) is 4.79 Å². The van der Waals surface area contributed by atoms with Gasteiger partial charge in [0, 0.05) is 5.56 Å². The minimum absolute atomic E-state index is 0.320. The second-order valence-electron chi connectivity index (χ2n) is 3.06. The smallest absolute Gasteiger partial charge is 0.226 e. The first-order valence-electron chi connectivity index (χ1n) is 4.27. The number of oxazole rings is 1. The Bertz CT molecular complexity index is 443. The van der Waals surface area contributed by atoms with Crippen LogP contribution in [0.25, 0.3) is 11.5 Å². The van der Waals surface area contributed by atoms with E-state index in [2.05, 4.69) is 4.98 Å². The van der Waals surface area contributed by atoms with Crippen molar-refractivity contribution in [2.75, 3.05) is 0 Å². The van der Waals surface area contributed by atoms with Gasteiger partial charge in [-0.05, 0) is 19.1 Å². The van der Waals surface area contributed by atoms with Crippen molar-refractivity contribution >= 4 is 6.29 Å². The van der Waals surface area contributed by atoms with Crippen molar-refractivity contribution in [3.63, 3.8) is 0 Å². The second-order valence-corrected chi connectivity index (χ2v) is 3.06. The maximum atomic E-state index is 10.4. The molecule has 0 saturated heterocycles. The quantitative estimate of drug-likeness (QED) is 0.678. The second kappa shape index (κ2) is 3.46. The molecule has 0 fully saturated rings. The Morgan fingerprint density at radius 1 is 1.29 bits per heavy atom. The van der Waals surface area contributed by atoms with Gasteiger partial charge in [0.2, 0.25) is 5.89 Å². The molecule has 3 nitrogen and oxygen atoms in total. The van der Waals surface area contributed by atoms with Crippen LogP contribution in [0.3, 0.4) is 0 Å². The fraction of sp³-hybridized carbons (Fsp3) is 0.0909. The number of aromatic nitrogens is 1. The highest BCUT2D eigenvalue weighted by atomic mass is 16.3. The van der Waals surface area contributed by atoms with E-state index in [1.54, 1.807) is 0 Å². The lowest BCUT2D eigenvalue weighted by atomic mass is 10.1. The van der Waals surface area contributed by atoms with E-state index in [1.165, 1.54) is 11.8 Å². The first-order valence-corrected chi connectivity index (χ1v) is 4.27. The molecule has 0 aliphatic carbocycles. The summed E-state index contributed by atoms with van der Waals surface area (Å²) >= 11 is 0. The number of hydrogen-bond donors (Lipinski definition) is 0. The van der Waals surface area contributed by atoms with Crippen LogP contribution in [0.2, 0.25) is 0 Å². The summed E-state index contributed by atoms with van der Waals surface area (Å²) in [6.07, 6.45) is 2.02. The number of carbonyl (C=O) groups is 1. The first kappa shape index (κ1) is 8.69. The topological polar surface area (TPSA) is 43.1 Å². The number of benzene rings is 1. The molecule has 0 atom stereocenters. The number of hydrogen-bond acceptors (Lipinski definition) is 3. The van der Waals surface area contributed by atoms with E-state index in [9.17, 15) is 4.79 Å². The third kappa shape index (κ3) is 1.57. The van der Waals surface area contributed by atoms with Gasteiger partial charge in [0.05, 0.1) is 0 Å². The Kier molecular flexibility index (Phi) is 2.14. The van der Waals surface area contributed by atoms with Crippen LogP contribution in [0, 0.1) is 6.92 Å². The molecular formula is C11H9NO2. The molecule has 0 N–H and O–H groups in total. The first-order chi connectivity index (χ1) is 6.79. The van der Waals surface area contributed by atoms with Crippen LogP contribution in [0.15, 0.2) is 34.9 Å². The van der Waals surface area contributed by atoms with Gasteiger partial charge in [-0.25, -0.2) is 4.98 Å². The standard InChI is InChI=1S/C11H9NO2/c1-8-2-4-9(5-3-8)11-12-10(6-13)7-14-11/h2-7H,1H3. The van der Waals surface area contributed by atoms with Gasteiger partial charge >= 0.3 is 0 Å². The fourth-order valence-corrected chi connectivity index (χ4v) is 1.17. The zero-order valence-corrected chi connectivity index (χ0v) is 7.73. The molecule has 1 aromatic heterocycles. The van der Waals surface area contributed by atoms with Crippen LogP contribution < -0.4 is 0 Å². The van der Waals surface area contributed by atoms with Crippen molar-refractivity contribution in [3.05, 3.63) is 41.8 Å². The maximum Gasteiger partial charge on any atom is 0.226 e. The zero-order valence-electron chi connectivity index (χ0n) is 7.73. The molecule has 2 rings (SSSR count). The van der Waals surface area contributed by atoms with E-state index >= 15 is 0 Å². The van der Waals surface area contributed by atoms with E-state index < -0.39 is 0 Å². The van der Waals surface area contributed by atoms with Gasteiger partial charge in [-0.15, -0.1) is 0 Å². The van der Waals surface area contributed by atoms with E-state index in [-0.39, 0.29) is 0 Å². The lowest BCUT2D eigenvalue weighted by Crippen LogP contribution is -1.80. The van der Waals surface area contributed by atoms with Crippen molar-refractivity contribution < 1.29 is 9.21 Å². The third-order valence-corrected chi connectivity index (χ3v) is 1.94. The van der Waals surface area contributed by atoms with Crippen LogP contribution in [0.1, 0.15) is 16.1 Å². The Morgan fingerprint density at radius 3 is 2.57 bits per heavy atom. The van der Waals surface area contributed by atoms with Crippen molar-refractivity contribution in [2.24, 2.45) is 0 Å². The van der Waals surface area contributed by atoms with Gasteiger partial charge in [0.25, 0.3) is 0 Å². The van der Waals surface area contributed by atoms with E-state index in [4.69, 9.17) is 4.42 Å². The lowest BCUT2D eigenvalue weighted by Gasteiger charge is -1.94. The number of carbonyl (C=O) groups excluding carboxylic acids is 1. The molecule has 70 valence electrons. The molecule has 0 bridgehead atoms. The molecule has 0 amide bonds. The van der Waals surface area contributed by atoms with Crippen molar-refractivity contribution in [3.8, 4) is 11.5 Å². The molecule has 14 heavy (non-hydrogen) atoms. The van der Waals surface area contributed by atoms with Gasteiger partial charge in [0.15, 0.2) is 6.29 Å². The van der Waals surface area contributed by atoms with Crippen molar-refractivity contribution in [1.29, 1.82) is 0 Å². The average Bonchev–Trinajstić information content (AvgIpc) is 2.67. The largest absolute Gasteiger partial charge is 0.444 e. The Hall–Kier alpha value is -1.90. The fourth-order valence-electron chi connectivity index (χ4n) is 1.17. The number of nitrogens with zero attached hydrogens (tertiary/aromatic N) is 1. The van der Waals surface area contributed by atoms with Crippen molar-refractivity contribution in [2.45, 2.75) is 6.92 Å². The predicted octanol–water partition coefficient (Wildman–Crippen LogP) is 2.46. The molecule has 1 aromatic carbocycles. The van der Waals surface area contributed by atoms with Crippen molar-refractivity contribution in [1.82, 2.24) is 4.98 Å². The van der Waals surface area contributed by atoms with Gasteiger partial charge in [0.1, 0.15) is 12.0 Å². The minimum atomic E-state index is 0.320. The molecule has 0 spiro atoms. The Labute approximate surface area is 81.4 Å².